The Morgan fingerprint density at radius 2 is 2.07 bits per heavy atom. The molecule has 0 atom stereocenters. The van der Waals surface area contributed by atoms with E-state index in [-0.39, 0.29) is 18.1 Å². The number of carbonyl (C=O) groups excluding carboxylic acids is 1. The van der Waals surface area contributed by atoms with Crippen molar-refractivity contribution in [2.24, 2.45) is 0 Å². The smallest absolute Gasteiger partial charge is 0.270 e. The Morgan fingerprint density at radius 1 is 1.22 bits per heavy atom. The van der Waals surface area contributed by atoms with E-state index in [0.29, 0.717) is 17.2 Å². The van der Waals surface area contributed by atoms with Crippen LogP contribution in [0.4, 0.5) is 11.6 Å². The maximum atomic E-state index is 12.2. The van der Waals surface area contributed by atoms with Gasteiger partial charge >= 0.3 is 0 Å². The Kier molecular flexibility index (Phi) is 4.05. The summed E-state index contributed by atoms with van der Waals surface area (Å²) < 4.78 is 1.35. The molecule has 10 heteroatoms. The van der Waals surface area contributed by atoms with Crippen molar-refractivity contribution in [3.05, 3.63) is 64.8 Å². The number of H-pyrrole nitrogens is 1. The molecule has 0 bridgehead atoms. The fourth-order valence-electron chi connectivity index (χ4n) is 2.62. The highest BCUT2D eigenvalue weighted by Gasteiger charge is 2.12. The van der Waals surface area contributed by atoms with E-state index in [9.17, 15) is 14.9 Å². The topological polar surface area (TPSA) is 132 Å². The van der Waals surface area contributed by atoms with Crippen LogP contribution >= 0.6 is 0 Å². The van der Waals surface area contributed by atoms with E-state index in [1.54, 1.807) is 18.3 Å². The van der Waals surface area contributed by atoms with E-state index in [1.807, 2.05) is 24.3 Å². The molecule has 2 N–H and O–H groups in total. The summed E-state index contributed by atoms with van der Waals surface area (Å²) in [5, 5.41) is 21.4. The van der Waals surface area contributed by atoms with Gasteiger partial charge in [-0.3, -0.25) is 20.2 Å². The first kappa shape index (κ1) is 16.4. The lowest BCUT2D eigenvalue weighted by Gasteiger charge is -2.01. The van der Waals surface area contributed by atoms with Crippen LogP contribution in [0.15, 0.2) is 54.7 Å². The van der Waals surface area contributed by atoms with E-state index in [1.165, 1.54) is 16.8 Å². The molecule has 4 rings (SSSR count). The number of amides is 1. The van der Waals surface area contributed by atoms with Gasteiger partial charge in [0.05, 0.1) is 22.2 Å². The highest BCUT2D eigenvalue weighted by molar-refractivity contribution is 5.90. The van der Waals surface area contributed by atoms with Crippen LogP contribution in [0.3, 0.4) is 0 Å². The Hall–Kier alpha value is -4.08. The van der Waals surface area contributed by atoms with Gasteiger partial charge in [-0.15, -0.1) is 5.10 Å². The standard InChI is InChI=1S/C17H13N7O3/c25-16(20-17-18-13-6-1-2-7-14(13)19-17)10-23-9-15(21-22-23)11-4-3-5-12(8-11)24(26)27/h1-9H,10H2,(H2,18,19,20,25). The van der Waals surface area contributed by atoms with Crippen LogP contribution in [0, 0.1) is 10.1 Å². The number of nitrogens with zero attached hydrogens (tertiary/aromatic N) is 5. The summed E-state index contributed by atoms with van der Waals surface area (Å²) in [6.07, 6.45) is 1.55. The molecule has 2 aromatic carbocycles. The highest BCUT2D eigenvalue weighted by atomic mass is 16.6. The molecule has 2 heterocycles. The van der Waals surface area contributed by atoms with Crippen LogP contribution in [-0.2, 0) is 11.3 Å². The Balaban J connectivity index is 1.46. The normalized spacial score (nSPS) is 10.8. The van der Waals surface area contributed by atoms with Crippen molar-refractivity contribution in [3.63, 3.8) is 0 Å². The first-order valence-electron chi connectivity index (χ1n) is 7.98. The van der Waals surface area contributed by atoms with Gasteiger partial charge in [-0.05, 0) is 12.1 Å². The molecule has 27 heavy (non-hydrogen) atoms. The van der Waals surface area contributed by atoms with Gasteiger partial charge in [-0.1, -0.05) is 29.5 Å². The predicted molar refractivity (Wildman–Crippen MR) is 96.8 cm³/mol. The number of non-ortho nitro benzene ring substituents is 1. The minimum absolute atomic E-state index is 0.0373. The second-order valence-electron chi connectivity index (χ2n) is 5.76. The summed E-state index contributed by atoms with van der Waals surface area (Å²) in [5.74, 6) is 0.0183. The maximum Gasteiger partial charge on any atom is 0.270 e. The molecule has 1 amide bonds. The SMILES string of the molecule is O=C(Cn1cc(-c2cccc([N+](=O)[O-])c2)nn1)Nc1nc2ccccc2[nH]1. The van der Waals surface area contributed by atoms with Gasteiger partial charge in [-0.2, -0.15) is 0 Å². The quantitative estimate of drug-likeness (QED) is 0.413. The van der Waals surface area contributed by atoms with Crippen molar-refractivity contribution in [1.29, 1.82) is 0 Å². The molecule has 10 nitrogen and oxygen atoms in total. The van der Waals surface area contributed by atoms with E-state index in [0.717, 1.165) is 11.0 Å². The molecule has 134 valence electrons. The molecule has 0 aliphatic rings. The van der Waals surface area contributed by atoms with Crippen molar-refractivity contribution < 1.29 is 9.72 Å². The minimum atomic E-state index is -0.477. The zero-order valence-electron chi connectivity index (χ0n) is 13.9. The molecule has 0 saturated heterocycles. The number of nitro groups is 1. The van der Waals surface area contributed by atoms with E-state index >= 15 is 0 Å². The average molecular weight is 363 g/mol. The number of fused-ring (bicyclic) bond motifs is 1. The molecule has 0 fully saturated rings. The third kappa shape index (κ3) is 3.49. The fourth-order valence-corrected chi connectivity index (χ4v) is 2.62. The van der Waals surface area contributed by atoms with Crippen LogP contribution < -0.4 is 5.32 Å². The van der Waals surface area contributed by atoms with Crippen LogP contribution in [0.1, 0.15) is 0 Å². The van der Waals surface area contributed by atoms with Crippen LogP contribution in [-0.4, -0.2) is 35.8 Å². The molecule has 0 aliphatic heterocycles. The van der Waals surface area contributed by atoms with Crippen LogP contribution in [0.5, 0.6) is 0 Å². The zero-order chi connectivity index (χ0) is 18.8. The van der Waals surface area contributed by atoms with Crippen molar-refractivity contribution in [2.45, 2.75) is 6.54 Å². The summed E-state index contributed by atoms with van der Waals surface area (Å²) in [7, 11) is 0. The minimum Gasteiger partial charge on any atom is -0.324 e. The number of para-hydroxylation sites is 2. The third-order valence-electron chi connectivity index (χ3n) is 3.84. The molecule has 0 saturated carbocycles. The first-order chi connectivity index (χ1) is 13.1. The third-order valence-corrected chi connectivity index (χ3v) is 3.84. The number of hydrogen-bond donors (Lipinski definition) is 2. The Bertz CT molecular complexity index is 1120. The molecule has 0 unspecified atom stereocenters. The molecule has 0 spiro atoms. The summed E-state index contributed by atoms with van der Waals surface area (Å²) in [6.45, 7) is -0.0705. The molecule has 0 aliphatic carbocycles. The number of rotatable bonds is 5. The number of anilines is 1. The summed E-state index contributed by atoms with van der Waals surface area (Å²) >= 11 is 0. The highest BCUT2D eigenvalue weighted by Crippen LogP contribution is 2.21. The molecular weight excluding hydrogens is 350 g/mol. The number of aromatic nitrogens is 5. The van der Waals surface area contributed by atoms with Crippen molar-refractivity contribution >= 4 is 28.6 Å². The second-order valence-corrected chi connectivity index (χ2v) is 5.76. The van der Waals surface area contributed by atoms with Crippen molar-refractivity contribution in [1.82, 2.24) is 25.0 Å². The lowest BCUT2D eigenvalue weighted by molar-refractivity contribution is -0.384. The fraction of sp³-hybridized carbons (Fsp3) is 0.0588. The zero-order valence-corrected chi connectivity index (χ0v) is 13.9. The van der Waals surface area contributed by atoms with Crippen molar-refractivity contribution in [3.8, 4) is 11.3 Å². The van der Waals surface area contributed by atoms with Gasteiger partial charge in [-0.25, -0.2) is 9.67 Å². The number of carbonyl (C=O) groups is 1. The first-order valence-corrected chi connectivity index (χ1v) is 7.98. The van der Waals surface area contributed by atoms with Gasteiger partial charge in [0, 0.05) is 17.7 Å². The summed E-state index contributed by atoms with van der Waals surface area (Å²) in [5.41, 5.74) is 2.52. The number of nitro benzene ring substituents is 1. The van der Waals surface area contributed by atoms with Gasteiger partial charge in [0.2, 0.25) is 11.9 Å². The molecule has 4 aromatic rings. The van der Waals surface area contributed by atoms with E-state index < -0.39 is 4.92 Å². The number of benzene rings is 2. The average Bonchev–Trinajstić information content (AvgIpc) is 3.28. The van der Waals surface area contributed by atoms with Gasteiger partial charge in [0.1, 0.15) is 12.2 Å². The van der Waals surface area contributed by atoms with Gasteiger partial charge < -0.3 is 4.98 Å². The molecular formula is C17H13N7O3. The van der Waals surface area contributed by atoms with Crippen LogP contribution in [0.25, 0.3) is 22.3 Å². The van der Waals surface area contributed by atoms with Gasteiger partial charge in [0.25, 0.3) is 5.69 Å². The summed E-state index contributed by atoms with van der Waals surface area (Å²) in [4.78, 5) is 29.9. The number of imidazole rings is 1. The molecule has 2 aromatic heterocycles. The molecule has 0 radical (unpaired) electrons. The monoisotopic (exact) mass is 363 g/mol. The predicted octanol–water partition coefficient (Wildman–Crippen LogP) is 2.37. The Morgan fingerprint density at radius 3 is 2.89 bits per heavy atom. The lowest BCUT2D eigenvalue weighted by Crippen LogP contribution is -2.19. The largest absolute Gasteiger partial charge is 0.324 e. The summed E-state index contributed by atoms with van der Waals surface area (Å²) in [6, 6.07) is 13.5. The van der Waals surface area contributed by atoms with Crippen LogP contribution in [0.2, 0.25) is 0 Å². The van der Waals surface area contributed by atoms with E-state index in [2.05, 4.69) is 25.6 Å². The second kappa shape index (κ2) is 6.67. The maximum absolute atomic E-state index is 12.2. The number of nitrogens with one attached hydrogen (secondary N) is 2. The number of hydrogen-bond acceptors (Lipinski definition) is 6. The van der Waals surface area contributed by atoms with Crippen molar-refractivity contribution in [2.75, 3.05) is 5.32 Å². The van der Waals surface area contributed by atoms with Gasteiger partial charge in [0.15, 0.2) is 0 Å². The number of aromatic amines is 1. The van der Waals surface area contributed by atoms with E-state index in [4.69, 9.17) is 0 Å². The Labute approximate surface area is 152 Å². The lowest BCUT2D eigenvalue weighted by atomic mass is 10.1.